The van der Waals surface area contributed by atoms with Crippen LogP contribution >= 0.6 is 11.3 Å². The Labute approximate surface area is 122 Å². The minimum Gasteiger partial charge on any atom is -0.294 e. The number of nitrogens with zero attached hydrogens (tertiary/aromatic N) is 2. The summed E-state index contributed by atoms with van der Waals surface area (Å²) in [5.74, 6) is 6.26. The summed E-state index contributed by atoms with van der Waals surface area (Å²) in [5, 5.41) is 0. The summed E-state index contributed by atoms with van der Waals surface area (Å²) in [6.45, 7) is 4.20. The fourth-order valence-corrected chi connectivity index (χ4v) is 2.88. The van der Waals surface area contributed by atoms with Crippen LogP contribution in [0, 0.1) is 17.3 Å². The summed E-state index contributed by atoms with van der Waals surface area (Å²) in [7, 11) is 0. The SMILES string of the molecule is CC1(C)CC(=O)c2ccc(C#Cc3cncs3)nc2C1. The fraction of sp³-hybridized carbons (Fsp3) is 0.312. The molecule has 0 atom stereocenters. The normalized spacial score (nSPS) is 16.2. The average molecular weight is 282 g/mol. The molecular formula is C16H14N2OS. The molecule has 4 heteroatoms. The number of carbonyl (C=O) groups excluding carboxylic acids is 1. The van der Waals surface area contributed by atoms with Crippen molar-refractivity contribution in [1.82, 2.24) is 9.97 Å². The molecule has 20 heavy (non-hydrogen) atoms. The molecule has 3 nitrogen and oxygen atoms in total. The van der Waals surface area contributed by atoms with Gasteiger partial charge in [-0.1, -0.05) is 13.8 Å². The third kappa shape index (κ3) is 2.63. The van der Waals surface area contributed by atoms with Gasteiger partial charge in [0, 0.05) is 12.0 Å². The summed E-state index contributed by atoms with van der Waals surface area (Å²) < 4.78 is 0. The molecule has 100 valence electrons. The Kier molecular flexibility index (Phi) is 3.15. The van der Waals surface area contributed by atoms with E-state index in [1.165, 1.54) is 11.3 Å². The smallest absolute Gasteiger partial charge is 0.165 e. The zero-order valence-electron chi connectivity index (χ0n) is 11.4. The highest BCUT2D eigenvalue weighted by Crippen LogP contribution is 2.33. The van der Waals surface area contributed by atoms with E-state index in [0.29, 0.717) is 12.1 Å². The van der Waals surface area contributed by atoms with E-state index in [0.717, 1.165) is 22.6 Å². The standard InChI is InChI=1S/C16H14N2OS/c1-16(2)7-14-13(15(19)8-16)6-4-11(18-14)3-5-12-9-17-10-20-12/h4,6,9-10H,7-8H2,1-2H3. The van der Waals surface area contributed by atoms with E-state index >= 15 is 0 Å². The Hall–Kier alpha value is -1.99. The van der Waals surface area contributed by atoms with E-state index in [2.05, 4.69) is 35.7 Å². The number of carbonyl (C=O) groups is 1. The van der Waals surface area contributed by atoms with Gasteiger partial charge in [-0.05, 0) is 35.8 Å². The predicted molar refractivity (Wildman–Crippen MR) is 78.8 cm³/mol. The number of aromatic nitrogens is 2. The first-order valence-electron chi connectivity index (χ1n) is 6.47. The van der Waals surface area contributed by atoms with Crippen molar-refractivity contribution in [2.24, 2.45) is 5.41 Å². The van der Waals surface area contributed by atoms with E-state index in [1.807, 2.05) is 12.1 Å². The molecule has 0 amide bonds. The van der Waals surface area contributed by atoms with Crippen LogP contribution in [0.1, 0.15) is 46.9 Å². The van der Waals surface area contributed by atoms with Gasteiger partial charge in [0.05, 0.1) is 22.3 Å². The molecule has 3 rings (SSSR count). The number of rotatable bonds is 0. The Balaban J connectivity index is 1.95. The van der Waals surface area contributed by atoms with Crippen LogP contribution in [0.4, 0.5) is 0 Å². The molecule has 2 aromatic rings. The zero-order chi connectivity index (χ0) is 14.2. The third-order valence-electron chi connectivity index (χ3n) is 3.31. The lowest BCUT2D eigenvalue weighted by molar-refractivity contribution is 0.0910. The second-order valence-electron chi connectivity index (χ2n) is 5.75. The van der Waals surface area contributed by atoms with Crippen molar-refractivity contribution >= 4 is 17.1 Å². The van der Waals surface area contributed by atoms with Crippen LogP contribution in [-0.4, -0.2) is 15.8 Å². The lowest BCUT2D eigenvalue weighted by Gasteiger charge is -2.29. The first-order valence-corrected chi connectivity index (χ1v) is 7.35. The van der Waals surface area contributed by atoms with Crippen LogP contribution in [0.3, 0.4) is 0 Å². The van der Waals surface area contributed by atoms with E-state index < -0.39 is 0 Å². The van der Waals surface area contributed by atoms with Crippen LogP contribution in [0.5, 0.6) is 0 Å². The largest absolute Gasteiger partial charge is 0.294 e. The second kappa shape index (κ2) is 4.84. The van der Waals surface area contributed by atoms with Gasteiger partial charge in [0.25, 0.3) is 0 Å². The molecule has 1 aliphatic rings. The molecular weight excluding hydrogens is 268 g/mol. The van der Waals surface area contributed by atoms with Crippen LogP contribution in [0.25, 0.3) is 0 Å². The minimum absolute atomic E-state index is 0.0131. The van der Waals surface area contributed by atoms with Crippen molar-refractivity contribution in [2.45, 2.75) is 26.7 Å². The van der Waals surface area contributed by atoms with Crippen molar-refractivity contribution in [2.75, 3.05) is 0 Å². The van der Waals surface area contributed by atoms with Crippen molar-refractivity contribution in [1.29, 1.82) is 0 Å². The van der Waals surface area contributed by atoms with Crippen molar-refractivity contribution in [3.05, 3.63) is 45.7 Å². The van der Waals surface area contributed by atoms with Gasteiger partial charge in [0.15, 0.2) is 5.78 Å². The number of hydrogen-bond donors (Lipinski definition) is 0. The molecule has 0 radical (unpaired) electrons. The number of fused-ring (bicyclic) bond motifs is 1. The molecule has 0 aliphatic heterocycles. The molecule has 2 heterocycles. The van der Waals surface area contributed by atoms with Gasteiger partial charge in [0.2, 0.25) is 0 Å². The van der Waals surface area contributed by atoms with Crippen LogP contribution in [0.2, 0.25) is 0 Å². The van der Waals surface area contributed by atoms with Gasteiger partial charge in [0.1, 0.15) is 5.69 Å². The van der Waals surface area contributed by atoms with Gasteiger partial charge < -0.3 is 0 Å². The molecule has 0 fully saturated rings. The number of pyridine rings is 1. The quantitative estimate of drug-likeness (QED) is 0.697. The molecule has 0 saturated heterocycles. The molecule has 0 unspecified atom stereocenters. The van der Waals surface area contributed by atoms with Crippen molar-refractivity contribution < 1.29 is 4.79 Å². The first kappa shape index (κ1) is 13.0. The van der Waals surface area contributed by atoms with E-state index in [9.17, 15) is 4.79 Å². The molecule has 1 aliphatic carbocycles. The van der Waals surface area contributed by atoms with E-state index in [4.69, 9.17) is 0 Å². The van der Waals surface area contributed by atoms with Crippen LogP contribution in [-0.2, 0) is 6.42 Å². The van der Waals surface area contributed by atoms with Crippen molar-refractivity contribution in [3.63, 3.8) is 0 Å². The monoisotopic (exact) mass is 282 g/mol. The van der Waals surface area contributed by atoms with Crippen molar-refractivity contribution in [3.8, 4) is 11.8 Å². The Bertz CT molecular complexity index is 721. The highest BCUT2D eigenvalue weighted by Gasteiger charge is 2.31. The van der Waals surface area contributed by atoms with Crippen LogP contribution < -0.4 is 0 Å². The molecule has 0 aromatic carbocycles. The molecule has 2 aromatic heterocycles. The summed E-state index contributed by atoms with van der Waals surface area (Å²) in [5.41, 5.74) is 4.09. The van der Waals surface area contributed by atoms with Crippen LogP contribution in [0.15, 0.2) is 23.8 Å². The minimum atomic E-state index is -0.0131. The topological polar surface area (TPSA) is 42.9 Å². The van der Waals surface area contributed by atoms with E-state index in [1.54, 1.807) is 11.7 Å². The van der Waals surface area contributed by atoms with E-state index in [-0.39, 0.29) is 11.2 Å². The van der Waals surface area contributed by atoms with Gasteiger partial charge in [-0.2, -0.15) is 0 Å². The third-order valence-corrected chi connectivity index (χ3v) is 3.99. The molecule has 0 saturated carbocycles. The number of thiazole rings is 1. The molecule has 0 bridgehead atoms. The maximum absolute atomic E-state index is 12.1. The van der Waals surface area contributed by atoms with Gasteiger partial charge >= 0.3 is 0 Å². The predicted octanol–water partition coefficient (Wildman–Crippen LogP) is 3.09. The summed E-state index contributed by atoms with van der Waals surface area (Å²) in [6, 6.07) is 3.68. The zero-order valence-corrected chi connectivity index (χ0v) is 12.3. The summed E-state index contributed by atoms with van der Waals surface area (Å²) >= 11 is 1.50. The van der Waals surface area contributed by atoms with Gasteiger partial charge in [-0.15, -0.1) is 11.3 Å². The Morgan fingerprint density at radius 2 is 2.10 bits per heavy atom. The first-order chi connectivity index (χ1) is 9.53. The number of Topliss-reactive ketones (excluding diaryl/α,β-unsaturated/α-hetero) is 1. The lowest BCUT2D eigenvalue weighted by atomic mass is 9.75. The fourth-order valence-electron chi connectivity index (χ4n) is 2.41. The average Bonchev–Trinajstić information content (AvgIpc) is 2.87. The maximum atomic E-state index is 12.1. The maximum Gasteiger partial charge on any atom is 0.165 e. The van der Waals surface area contributed by atoms with Gasteiger partial charge in [-0.25, -0.2) is 4.98 Å². The molecule has 0 N–H and O–H groups in total. The number of hydrogen-bond acceptors (Lipinski definition) is 4. The second-order valence-corrected chi connectivity index (χ2v) is 6.63. The Morgan fingerprint density at radius 3 is 2.85 bits per heavy atom. The lowest BCUT2D eigenvalue weighted by Crippen LogP contribution is -2.28. The van der Waals surface area contributed by atoms with Gasteiger partial charge in [-0.3, -0.25) is 9.78 Å². The summed E-state index contributed by atoms with van der Waals surface area (Å²) in [4.78, 5) is 21.5. The highest BCUT2D eigenvalue weighted by atomic mass is 32.1. The number of ketones is 1. The molecule has 0 spiro atoms. The summed E-state index contributed by atoms with van der Waals surface area (Å²) in [6.07, 6.45) is 3.15. The Morgan fingerprint density at radius 1 is 1.25 bits per heavy atom. The highest BCUT2D eigenvalue weighted by molar-refractivity contribution is 7.10.